The van der Waals surface area contributed by atoms with Crippen LogP contribution in [0.4, 0.5) is 30.7 Å². The van der Waals surface area contributed by atoms with E-state index in [-0.39, 0.29) is 12.1 Å². The molecule has 11 heteroatoms. The van der Waals surface area contributed by atoms with Crippen LogP contribution in [-0.2, 0) is 16.0 Å². The molecule has 0 aliphatic carbocycles. The molecule has 0 heterocycles. The predicted molar refractivity (Wildman–Crippen MR) is 57.1 cm³/mol. The SMILES string of the molecule is O=S(=O)(O)C(F)(F)C(F)(F)c1ccc(C(F)=C(F)F)cc1. The molecule has 3 nitrogen and oxygen atoms in total. The average Bonchev–Trinajstić information content (AvgIpc) is 2.36. The Labute approximate surface area is 113 Å². The van der Waals surface area contributed by atoms with Gasteiger partial charge in [-0.05, 0) is 0 Å². The van der Waals surface area contributed by atoms with E-state index in [9.17, 15) is 39.2 Å². The van der Waals surface area contributed by atoms with Gasteiger partial charge in [0.05, 0.1) is 0 Å². The first-order chi connectivity index (χ1) is 9.32. The van der Waals surface area contributed by atoms with Gasteiger partial charge in [-0.1, -0.05) is 24.3 Å². The average molecular weight is 338 g/mol. The maximum absolute atomic E-state index is 13.4. The van der Waals surface area contributed by atoms with Gasteiger partial charge in [-0.3, -0.25) is 4.55 Å². The molecule has 1 aromatic carbocycles. The fraction of sp³-hybridized carbons (Fsp3) is 0.200. The van der Waals surface area contributed by atoms with Crippen molar-refractivity contribution < 1.29 is 43.7 Å². The van der Waals surface area contributed by atoms with Gasteiger partial charge in [0.15, 0.2) is 5.83 Å². The van der Waals surface area contributed by atoms with Crippen molar-refractivity contribution in [1.82, 2.24) is 0 Å². The normalized spacial score (nSPS) is 13.1. The predicted octanol–water partition coefficient (Wildman–Crippen LogP) is 3.79. The summed E-state index contributed by atoms with van der Waals surface area (Å²) in [6, 6.07) is 0.934. The van der Waals surface area contributed by atoms with E-state index in [1.165, 1.54) is 0 Å². The van der Waals surface area contributed by atoms with Gasteiger partial charge in [-0.2, -0.15) is 34.8 Å². The minimum absolute atomic E-state index is 0.136. The van der Waals surface area contributed by atoms with Crippen molar-refractivity contribution >= 4 is 15.9 Å². The molecular formula is C10H5F7O3S. The molecule has 0 unspecified atom stereocenters. The first-order valence-electron chi connectivity index (χ1n) is 4.86. The fourth-order valence-electron chi connectivity index (χ4n) is 1.27. The van der Waals surface area contributed by atoms with E-state index in [4.69, 9.17) is 4.55 Å². The number of rotatable bonds is 4. The van der Waals surface area contributed by atoms with Gasteiger partial charge >= 0.3 is 27.4 Å². The van der Waals surface area contributed by atoms with Crippen LogP contribution in [0.15, 0.2) is 30.3 Å². The molecule has 0 radical (unpaired) electrons. The number of halogens is 7. The standard InChI is InChI=1S/C10H5F7O3S/c11-7(8(12)13)5-1-3-6(4-2-5)9(14,15)10(16,17)21(18,19)20/h1-4H,(H,18,19,20). The Bertz CT molecular complexity index is 660. The molecule has 1 N–H and O–H groups in total. The molecule has 0 saturated carbocycles. The van der Waals surface area contributed by atoms with E-state index in [1.54, 1.807) is 0 Å². The molecule has 21 heavy (non-hydrogen) atoms. The highest BCUT2D eigenvalue weighted by atomic mass is 32.2. The van der Waals surface area contributed by atoms with Crippen LogP contribution in [0.3, 0.4) is 0 Å². The molecule has 0 fully saturated rings. The van der Waals surface area contributed by atoms with Crippen LogP contribution in [-0.4, -0.2) is 18.2 Å². The van der Waals surface area contributed by atoms with Crippen molar-refractivity contribution in [1.29, 1.82) is 0 Å². The highest BCUT2D eigenvalue weighted by molar-refractivity contribution is 7.86. The van der Waals surface area contributed by atoms with Crippen molar-refractivity contribution in [3.05, 3.63) is 41.5 Å². The lowest BCUT2D eigenvalue weighted by Gasteiger charge is -2.24. The van der Waals surface area contributed by atoms with Crippen molar-refractivity contribution in [2.24, 2.45) is 0 Å². The molecule has 0 atom stereocenters. The van der Waals surface area contributed by atoms with E-state index in [0.717, 1.165) is 0 Å². The van der Waals surface area contributed by atoms with Gasteiger partial charge in [0.25, 0.3) is 0 Å². The van der Waals surface area contributed by atoms with Gasteiger partial charge in [0, 0.05) is 11.1 Å². The highest BCUT2D eigenvalue weighted by Gasteiger charge is 2.66. The topological polar surface area (TPSA) is 54.4 Å². The third kappa shape index (κ3) is 3.02. The highest BCUT2D eigenvalue weighted by Crippen LogP contribution is 2.46. The van der Waals surface area contributed by atoms with Crippen molar-refractivity contribution in [2.45, 2.75) is 11.2 Å². The lowest BCUT2D eigenvalue weighted by Crippen LogP contribution is -2.44. The van der Waals surface area contributed by atoms with Crippen LogP contribution >= 0.6 is 0 Å². The molecule has 0 amide bonds. The first kappa shape index (κ1) is 17.4. The van der Waals surface area contributed by atoms with E-state index < -0.39 is 44.3 Å². The summed E-state index contributed by atoms with van der Waals surface area (Å²) >= 11 is 0. The number of hydrogen-bond acceptors (Lipinski definition) is 2. The lowest BCUT2D eigenvalue weighted by atomic mass is 10.1. The van der Waals surface area contributed by atoms with Crippen LogP contribution in [0.5, 0.6) is 0 Å². The Morgan fingerprint density at radius 2 is 1.38 bits per heavy atom. The summed E-state index contributed by atoms with van der Waals surface area (Å²) < 4.78 is 118. The van der Waals surface area contributed by atoms with Crippen LogP contribution < -0.4 is 0 Å². The Kier molecular flexibility index (Phi) is 4.40. The van der Waals surface area contributed by atoms with Gasteiger partial charge in [0.1, 0.15) is 0 Å². The summed E-state index contributed by atoms with van der Waals surface area (Å²) in [7, 11) is -6.43. The fourth-order valence-corrected chi connectivity index (χ4v) is 1.71. The zero-order chi connectivity index (χ0) is 16.6. The third-order valence-electron chi connectivity index (χ3n) is 2.36. The molecule has 0 spiro atoms. The summed E-state index contributed by atoms with van der Waals surface area (Å²) in [5.41, 5.74) is -2.48. The van der Waals surface area contributed by atoms with Crippen molar-refractivity contribution in [3.63, 3.8) is 0 Å². The molecule has 0 aliphatic rings. The Morgan fingerprint density at radius 3 is 1.71 bits per heavy atom. The summed E-state index contributed by atoms with van der Waals surface area (Å²) in [6.45, 7) is 0. The van der Waals surface area contributed by atoms with E-state index in [1.807, 2.05) is 0 Å². The van der Waals surface area contributed by atoms with Gasteiger partial charge in [0.2, 0.25) is 0 Å². The summed E-state index contributed by atoms with van der Waals surface area (Å²) in [4.78, 5) is 0. The van der Waals surface area contributed by atoms with Crippen LogP contribution in [0.2, 0.25) is 0 Å². The quantitative estimate of drug-likeness (QED) is 0.671. The van der Waals surface area contributed by atoms with Crippen LogP contribution in [0.1, 0.15) is 11.1 Å². The molecular weight excluding hydrogens is 333 g/mol. The van der Waals surface area contributed by atoms with Gasteiger partial charge in [-0.25, -0.2) is 4.39 Å². The molecule has 1 rings (SSSR count). The molecule has 0 bridgehead atoms. The van der Waals surface area contributed by atoms with E-state index in [2.05, 4.69) is 0 Å². The third-order valence-corrected chi connectivity index (χ3v) is 3.26. The molecule has 1 aromatic rings. The maximum atomic E-state index is 13.4. The summed E-state index contributed by atoms with van der Waals surface area (Å²) in [5.74, 6) is -7.40. The number of benzene rings is 1. The van der Waals surface area contributed by atoms with Crippen LogP contribution in [0.25, 0.3) is 5.83 Å². The smallest absolute Gasteiger partial charge is 0.281 e. The Morgan fingerprint density at radius 1 is 0.952 bits per heavy atom. The Hall–Kier alpha value is -1.62. The molecule has 0 saturated heterocycles. The van der Waals surface area contributed by atoms with E-state index >= 15 is 0 Å². The monoisotopic (exact) mass is 338 g/mol. The van der Waals surface area contributed by atoms with E-state index in [0.29, 0.717) is 12.1 Å². The van der Waals surface area contributed by atoms with Gasteiger partial charge < -0.3 is 0 Å². The minimum Gasteiger partial charge on any atom is -0.281 e. The number of alkyl halides is 4. The lowest BCUT2D eigenvalue weighted by molar-refractivity contribution is -0.167. The molecule has 0 aliphatic heterocycles. The first-order valence-corrected chi connectivity index (χ1v) is 6.30. The molecule has 0 aromatic heterocycles. The largest absolute Gasteiger partial charge is 0.436 e. The van der Waals surface area contributed by atoms with Crippen LogP contribution in [0, 0.1) is 0 Å². The zero-order valence-electron chi connectivity index (χ0n) is 9.63. The summed E-state index contributed by atoms with van der Waals surface area (Å²) in [6.07, 6.45) is -2.75. The van der Waals surface area contributed by atoms with Crippen molar-refractivity contribution in [3.8, 4) is 0 Å². The second kappa shape index (κ2) is 5.30. The Balaban J connectivity index is 3.33. The molecule has 118 valence electrons. The summed E-state index contributed by atoms with van der Waals surface area (Å²) in [5, 5.41) is -5.85. The maximum Gasteiger partial charge on any atom is 0.436 e. The van der Waals surface area contributed by atoms with Crippen molar-refractivity contribution in [2.75, 3.05) is 0 Å². The zero-order valence-corrected chi connectivity index (χ0v) is 10.4. The second-order valence-corrected chi connectivity index (χ2v) is 5.18. The van der Waals surface area contributed by atoms with Gasteiger partial charge in [-0.15, -0.1) is 0 Å². The minimum atomic E-state index is -6.43. The second-order valence-electron chi connectivity index (χ2n) is 3.72. The number of hydrogen-bond donors (Lipinski definition) is 1.